The fourth-order valence-electron chi connectivity index (χ4n) is 3.00. The second-order valence-corrected chi connectivity index (χ2v) is 6.95. The second-order valence-electron chi connectivity index (χ2n) is 6.09. The Balaban J connectivity index is 1.70. The van der Waals surface area contributed by atoms with Crippen LogP contribution in [0.4, 0.5) is 0 Å². The molecule has 1 N–H and O–H groups in total. The molecule has 4 nitrogen and oxygen atoms in total. The predicted molar refractivity (Wildman–Crippen MR) is 108 cm³/mol. The van der Waals surface area contributed by atoms with Crippen molar-refractivity contribution in [3.8, 4) is 16.3 Å². The van der Waals surface area contributed by atoms with Gasteiger partial charge < -0.3 is 9.84 Å². The third kappa shape index (κ3) is 3.68. The second kappa shape index (κ2) is 7.60. The van der Waals surface area contributed by atoms with E-state index in [0.29, 0.717) is 11.6 Å². The minimum absolute atomic E-state index is 0.0539. The molecule has 0 bridgehead atoms. The molecule has 4 rings (SSSR count). The number of rotatable bonds is 6. The molecule has 0 unspecified atom stereocenters. The van der Waals surface area contributed by atoms with Crippen molar-refractivity contribution in [1.82, 2.24) is 4.98 Å². The Kier molecular flexibility index (Phi) is 4.85. The van der Waals surface area contributed by atoms with Crippen LogP contribution in [0.1, 0.15) is 16.1 Å². The lowest BCUT2D eigenvalue weighted by Gasteiger charge is -2.13. The average molecular weight is 375 g/mol. The highest BCUT2D eigenvalue weighted by atomic mass is 32.1. The minimum Gasteiger partial charge on any atom is -0.492 e. The van der Waals surface area contributed by atoms with E-state index in [0.717, 1.165) is 28.5 Å². The first kappa shape index (κ1) is 17.2. The third-order valence-corrected chi connectivity index (χ3v) is 5.18. The maximum atomic E-state index is 11.2. The van der Waals surface area contributed by atoms with Gasteiger partial charge in [0.25, 0.3) is 0 Å². The van der Waals surface area contributed by atoms with Gasteiger partial charge in [0, 0.05) is 11.8 Å². The number of thiazole rings is 1. The lowest BCUT2D eigenvalue weighted by Crippen LogP contribution is -2.03. The first-order valence-corrected chi connectivity index (χ1v) is 9.48. The van der Waals surface area contributed by atoms with Crippen LogP contribution in [0.2, 0.25) is 0 Å². The summed E-state index contributed by atoms with van der Waals surface area (Å²) in [7, 11) is 0. The summed E-state index contributed by atoms with van der Waals surface area (Å²) < 4.78 is 6.09. The highest BCUT2D eigenvalue weighted by molar-refractivity contribution is 7.13. The fourth-order valence-corrected chi connectivity index (χ4v) is 3.86. The Bertz CT molecular complexity index is 1090. The molecule has 5 heteroatoms. The largest absolute Gasteiger partial charge is 0.492 e. The number of benzene rings is 3. The summed E-state index contributed by atoms with van der Waals surface area (Å²) in [5, 5.41) is 13.5. The van der Waals surface area contributed by atoms with Gasteiger partial charge in [-0.25, -0.2) is 9.78 Å². The van der Waals surface area contributed by atoms with Crippen molar-refractivity contribution in [2.24, 2.45) is 0 Å². The van der Waals surface area contributed by atoms with Gasteiger partial charge in [-0.1, -0.05) is 60.7 Å². The van der Waals surface area contributed by atoms with Gasteiger partial charge in [-0.05, 0) is 22.4 Å². The molecule has 0 aliphatic rings. The molecule has 0 spiro atoms. The van der Waals surface area contributed by atoms with E-state index < -0.39 is 5.97 Å². The number of hydrogen-bond acceptors (Lipinski definition) is 4. The predicted octanol–water partition coefficient (Wildman–Crippen LogP) is 5.28. The zero-order valence-corrected chi connectivity index (χ0v) is 15.3. The molecule has 1 heterocycles. The molecular weight excluding hydrogens is 358 g/mol. The number of aromatic nitrogens is 1. The molecule has 0 aliphatic carbocycles. The summed E-state index contributed by atoms with van der Waals surface area (Å²) >= 11 is 1.32. The van der Waals surface area contributed by atoms with Gasteiger partial charge in [0.05, 0.1) is 12.2 Å². The van der Waals surface area contributed by atoms with E-state index in [9.17, 15) is 9.90 Å². The van der Waals surface area contributed by atoms with E-state index in [-0.39, 0.29) is 5.69 Å². The quantitative estimate of drug-likeness (QED) is 0.498. The highest BCUT2D eigenvalue weighted by Gasteiger charge is 2.17. The molecule has 1 aromatic heterocycles. The zero-order chi connectivity index (χ0) is 18.6. The van der Waals surface area contributed by atoms with E-state index in [1.165, 1.54) is 16.9 Å². The van der Waals surface area contributed by atoms with Crippen LogP contribution >= 0.6 is 11.3 Å². The van der Waals surface area contributed by atoms with Crippen LogP contribution in [0.25, 0.3) is 21.3 Å². The Morgan fingerprint density at radius 1 is 1.00 bits per heavy atom. The summed E-state index contributed by atoms with van der Waals surface area (Å²) in [5.41, 5.74) is 2.11. The number of carboxylic acids is 1. The van der Waals surface area contributed by atoms with Gasteiger partial charge in [-0.15, -0.1) is 11.3 Å². The smallest absolute Gasteiger partial charge is 0.355 e. The summed E-state index contributed by atoms with van der Waals surface area (Å²) in [6.07, 6.45) is 0.797. The van der Waals surface area contributed by atoms with Gasteiger partial charge in [0.15, 0.2) is 5.69 Å². The number of hydrogen-bond donors (Lipinski definition) is 1. The van der Waals surface area contributed by atoms with Gasteiger partial charge in [0.2, 0.25) is 0 Å². The zero-order valence-electron chi connectivity index (χ0n) is 14.5. The first-order chi connectivity index (χ1) is 13.2. The molecule has 0 fully saturated rings. The number of nitrogens with zero attached hydrogens (tertiary/aromatic N) is 1. The normalized spacial score (nSPS) is 10.8. The third-order valence-electron chi connectivity index (χ3n) is 4.32. The van der Waals surface area contributed by atoms with Crippen LogP contribution in [0.15, 0.2) is 72.1 Å². The lowest BCUT2D eigenvalue weighted by molar-refractivity contribution is 0.0691. The standard InChI is InChI=1S/C22H17NO3S/c24-22(25)18-14-27-21(23-18)20-17-9-5-4-8-16(17)10-11-19(20)26-13-12-15-6-2-1-3-7-15/h1-11,14H,12-13H2,(H,24,25). The molecule has 3 aromatic carbocycles. The minimum atomic E-state index is -1.02. The fraction of sp³-hybridized carbons (Fsp3) is 0.0909. The van der Waals surface area contributed by atoms with Crippen LogP contribution in [0.3, 0.4) is 0 Å². The van der Waals surface area contributed by atoms with E-state index >= 15 is 0 Å². The van der Waals surface area contributed by atoms with Gasteiger partial charge >= 0.3 is 5.97 Å². The van der Waals surface area contributed by atoms with Crippen molar-refractivity contribution in [2.75, 3.05) is 6.61 Å². The molecule has 0 aliphatic heterocycles. The van der Waals surface area contributed by atoms with Crippen LogP contribution in [-0.2, 0) is 6.42 Å². The first-order valence-electron chi connectivity index (χ1n) is 8.60. The topological polar surface area (TPSA) is 59.4 Å². The van der Waals surface area contributed by atoms with Gasteiger partial charge in [-0.2, -0.15) is 0 Å². The average Bonchev–Trinajstić information content (AvgIpc) is 3.18. The van der Waals surface area contributed by atoms with Gasteiger partial charge in [0.1, 0.15) is 10.8 Å². The van der Waals surface area contributed by atoms with Crippen molar-refractivity contribution in [3.63, 3.8) is 0 Å². The molecular formula is C22H17NO3S. The van der Waals surface area contributed by atoms with E-state index in [4.69, 9.17) is 4.74 Å². The maximum absolute atomic E-state index is 11.2. The number of carbonyl (C=O) groups is 1. The number of aromatic carboxylic acids is 1. The summed E-state index contributed by atoms with van der Waals surface area (Å²) in [6, 6.07) is 22.1. The molecule has 27 heavy (non-hydrogen) atoms. The van der Waals surface area contributed by atoms with E-state index in [1.54, 1.807) is 5.38 Å². The Morgan fingerprint density at radius 3 is 2.56 bits per heavy atom. The van der Waals surface area contributed by atoms with Crippen molar-refractivity contribution in [1.29, 1.82) is 0 Å². The van der Waals surface area contributed by atoms with Crippen molar-refractivity contribution >= 4 is 28.1 Å². The molecule has 0 amide bonds. The van der Waals surface area contributed by atoms with Crippen molar-refractivity contribution < 1.29 is 14.6 Å². The van der Waals surface area contributed by atoms with Crippen molar-refractivity contribution in [2.45, 2.75) is 6.42 Å². The monoisotopic (exact) mass is 375 g/mol. The van der Waals surface area contributed by atoms with Crippen LogP contribution in [0, 0.1) is 0 Å². The van der Waals surface area contributed by atoms with Crippen LogP contribution < -0.4 is 4.74 Å². The Morgan fingerprint density at radius 2 is 1.78 bits per heavy atom. The van der Waals surface area contributed by atoms with E-state index in [2.05, 4.69) is 17.1 Å². The molecule has 0 saturated carbocycles. The van der Waals surface area contributed by atoms with Crippen molar-refractivity contribution in [3.05, 3.63) is 83.4 Å². The molecule has 0 saturated heterocycles. The molecule has 4 aromatic rings. The number of carboxylic acid groups (broad SMARTS) is 1. The SMILES string of the molecule is O=C(O)c1csc(-c2c(OCCc3ccccc3)ccc3ccccc23)n1. The molecule has 0 atom stereocenters. The maximum Gasteiger partial charge on any atom is 0.355 e. The molecule has 134 valence electrons. The Hall–Kier alpha value is -3.18. The lowest BCUT2D eigenvalue weighted by atomic mass is 10.0. The van der Waals surface area contributed by atoms with Gasteiger partial charge in [-0.3, -0.25) is 0 Å². The Labute approximate surface area is 160 Å². The summed E-state index contributed by atoms with van der Waals surface area (Å²) in [5.74, 6) is -0.305. The number of fused-ring (bicyclic) bond motifs is 1. The summed E-state index contributed by atoms with van der Waals surface area (Å²) in [4.78, 5) is 15.5. The van der Waals surface area contributed by atoms with Crippen LogP contribution in [0.5, 0.6) is 5.75 Å². The highest BCUT2D eigenvalue weighted by Crippen LogP contribution is 2.38. The summed E-state index contributed by atoms with van der Waals surface area (Å²) in [6.45, 7) is 0.534. The number of ether oxygens (including phenoxy) is 1. The van der Waals surface area contributed by atoms with Crippen LogP contribution in [-0.4, -0.2) is 22.7 Å². The molecule has 0 radical (unpaired) electrons. The van der Waals surface area contributed by atoms with E-state index in [1.807, 2.05) is 54.6 Å².